The largest absolute Gasteiger partial charge is 0.467 e. The molecule has 0 radical (unpaired) electrons. The highest BCUT2D eigenvalue weighted by atomic mass is 16.5. The fourth-order valence-corrected chi connectivity index (χ4v) is 1.18. The summed E-state index contributed by atoms with van der Waals surface area (Å²) in [6, 6.07) is -0.949. The van der Waals surface area contributed by atoms with Crippen LogP contribution >= 0.6 is 0 Å². The van der Waals surface area contributed by atoms with Gasteiger partial charge in [0.05, 0.1) is 13.7 Å². The second kappa shape index (κ2) is 8.04. The van der Waals surface area contributed by atoms with Gasteiger partial charge in [0.25, 0.3) is 0 Å². The molecule has 0 spiro atoms. The highest BCUT2D eigenvalue weighted by Gasteiger charge is 2.22. The summed E-state index contributed by atoms with van der Waals surface area (Å²) in [6.45, 7) is -0.187. The Kier molecular flexibility index (Phi) is 7.10. The maximum Gasteiger partial charge on any atom is 0.328 e. The molecule has 0 aliphatic heterocycles. The maximum atomic E-state index is 11.5. The number of ether oxygens (including phenoxy) is 1. The number of hydrogen-bond acceptors (Lipinski definition) is 5. The van der Waals surface area contributed by atoms with Crippen molar-refractivity contribution < 1.29 is 23.9 Å². The molecule has 0 saturated heterocycles. The molecule has 0 fully saturated rings. The first-order valence-corrected chi connectivity index (χ1v) is 5.21. The number of likely N-dealkylation sites (N-methyl/N-ethyl adjacent to an activating group) is 1. The third-order valence-corrected chi connectivity index (χ3v) is 2.07. The number of amides is 3. The molecule has 0 aliphatic carbocycles. The van der Waals surface area contributed by atoms with E-state index < -0.39 is 23.8 Å². The van der Waals surface area contributed by atoms with Gasteiger partial charge in [-0.2, -0.15) is 0 Å². The summed E-state index contributed by atoms with van der Waals surface area (Å²) in [7, 11) is 2.59. The van der Waals surface area contributed by atoms with Gasteiger partial charge in [-0.25, -0.2) is 4.79 Å². The normalized spacial score (nSPS) is 11.2. The van der Waals surface area contributed by atoms with Crippen LogP contribution in [0.4, 0.5) is 0 Å². The van der Waals surface area contributed by atoms with Gasteiger partial charge in [-0.3, -0.25) is 14.4 Å². The van der Waals surface area contributed by atoms with Crippen LogP contribution in [0.1, 0.15) is 12.8 Å². The second-order valence-corrected chi connectivity index (χ2v) is 3.67. The van der Waals surface area contributed by atoms with Crippen LogP contribution < -0.4 is 11.1 Å². The number of carbonyl (C=O) groups excluding carboxylic acids is 4. The summed E-state index contributed by atoms with van der Waals surface area (Å²) in [5.41, 5.74) is 4.96. The van der Waals surface area contributed by atoms with Crippen LogP contribution in [0.15, 0.2) is 0 Å². The summed E-state index contributed by atoms with van der Waals surface area (Å²) in [5.74, 6) is -1.77. The molecule has 0 saturated carbocycles. The first-order chi connectivity index (χ1) is 8.40. The van der Waals surface area contributed by atoms with E-state index in [0.29, 0.717) is 6.41 Å². The van der Waals surface area contributed by atoms with Crippen molar-refractivity contribution in [3.63, 3.8) is 0 Å². The molecular formula is C10H17N3O5. The summed E-state index contributed by atoms with van der Waals surface area (Å²) >= 11 is 0. The fraction of sp³-hybridized carbons (Fsp3) is 0.600. The minimum absolute atomic E-state index is 0.0520. The monoisotopic (exact) mass is 259 g/mol. The van der Waals surface area contributed by atoms with Crippen molar-refractivity contribution in [3.8, 4) is 0 Å². The number of methoxy groups -OCH3 is 1. The fourth-order valence-electron chi connectivity index (χ4n) is 1.18. The molecule has 18 heavy (non-hydrogen) atoms. The van der Waals surface area contributed by atoms with E-state index in [9.17, 15) is 19.2 Å². The second-order valence-electron chi connectivity index (χ2n) is 3.67. The Morgan fingerprint density at radius 2 is 2.06 bits per heavy atom. The molecular weight excluding hydrogens is 242 g/mol. The van der Waals surface area contributed by atoms with Gasteiger partial charge in [0.2, 0.25) is 18.2 Å². The zero-order valence-electron chi connectivity index (χ0n) is 10.3. The number of nitrogens with two attached hydrogens (primary N) is 1. The van der Waals surface area contributed by atoms with Gasteiger partial charge in [0.15, 0.2) is 0 Å². The Hall–Kier alpha value is -2.12. The van der Waals surface area contributed by atoms with Crippen LogP contribution in [0.5, 0.6) is 0 Å². The van der Waals surface area contributed by atoms with Gasteiger partial charge >= 0.3 is 5.97 Å². The molecule has 1 atom stereocenters. The molecule has 102 valence electrons. The number of nitrogens with one attached hydrogen (secondary N) is 1. The number of nitrogens with zero attached hydrogens (tertiary/aromatic N) is 1. The van der Waals surface area contributed by atoms with E-state index >= 15 is 0 Å². The smallest absolute Gasteiger partial charge is 0.328 e. The first-order valence-electron chi connectivity index (χ1n) is 5.21. The molecule has 3 N–H and O–H groups in total. The summed E-state index contributed by atoms with van der Waals surface area (Å²) in [6.07, 6.45) is 0.484. The molecule has 1 unspecified atom stereocenters. The lowest BCUT2D eigenvalue weighted by Crippen LogP contribution is -2.45. The van der Waals surface area contributed by atoms with Crippen molar-refractivity contribution in [2.75, 3.05) is 20.7 Å². The number of esters is 1. The third kappa shape index (κ3) is 6.46. The molecule has 0 bridgehead atoms. The molecule has 0 aliphatic rings. The van der Waals surface area contributed by atoms with Crippen LogP contribution in [0, 0.1) is 0 Å². The lowest BCUT2D eigenvalue weighted by Gasteiger charge is -2.17. The molecule has 0 rings (SSSR count). The molecule has 0 aromatic heterocycles. The van der Waals surface area contributed by atoms with Crippen LogP contribution in [0.2, 0.25) is 0 Å². The SMILES string of the molecule is COC(=O)C(CCC(N)=O)NC(=O)CN(C)C=O. The minimum atomic E-state index is -0.949. The Balaban J connectivity index is 4.39. The minimum Gasteiger partial charge on any atom is -0.467 e. The number of rotatable bonds is 8. The van der Waals surface area contributed by atoms with Gasteiger partial charge in [0.1, 0.15) is 6.04 Å². The van der Waals surface area contributed by atoms with E-state index in [1.807, 2.05) is 0 Å². The number of hydrogen-bond donors (Lipinski definition) is 2. The highest BCUT2D eigenvalue weighted by Crippen LogP contribution is 1.99. The quantitative estimate of drug-likeness (QED) is 0.386. The van der Waals surface area contributed by atoms with Crippen LogP contribution in [-0.2, 0) is 23.9 Å². The third-order valence-electron chi connectivity index (χ3n) is 2.07. The lowest BCUT2D eigenvalue weighted by atomic mass is 10.1. The van der Waals surface area contributed by atoms with Gasteiger partial charge < -0.3 is 20.7 Å². The van der Waals surface area contributed by atoms with E-state index in [1.54, 1.807) is 0 Å². The predicted molar refractivity (Wildman–Crippen MR) is 61.1 cm³/mol. The van der Waals surface area contributed by atoms with Crippen molar-refractivity contribution in [1.82, 2.24) is 10.2 Å². The van der Waals surface area contributed by atoms with Crippen molar-refractivity contribution in [2.24, 2.45) is 5.73 Å². The van der Waals surface area contributed by atoms with E-state index in [0.717, 1.165) is 4.90 Å². The molecule has 0 aromatic carbocycles. The predicted octanol–water partition coefficient (Wildman–Crippen LogP) is -2.00. The van der Waals surface area contributed by atoms with Crippen LogP contribution in [-0.4, -0.2) is 55.8 Å². The van der Waals surface area contributed by atoms with Gasteiger partial charge in [-0.1, -0.05) is 0 Å². The molecule has 3 amide bonds. The topological polar surface area (TPSA) is 119 Å². The Labute approximate surface area is 104 Å². The highest BCUT2D eigenvalue weighted by molar-refractivity contribution is 5.86. The van der Waals surface area contributed by atoms with Crippen molar-refractivity contribution in [2.45, 2.75) is 18.9 Å². The summed E-state index contributed by atoms with van der Waals surface area (Å²) in [4.78, 5) is 44.9. The Morgan fingerprint density at radius 3 is 2.50 bits per heavy atom. The van der Waals surface area contributed by atoms with E-state index in [2.05, 4.69) is 10.1 Å². The summed E-state index contributed by atoms with van der Waals surface area (Å²) in [5, 5.41) is 2.37. The Bertz CT molecular complexity index is 331. The zero-order chi connectivity index (χ0) is 14.1. The average Bonchev–Trinajstić information content (AvgIpc) is 2.32. The molecule has 0 aromatic rings. The van der Waals surface area contributed by atoms with E-state index in [-0.39, 0.29) is 19.4 Å². The standard InChI is InChI=1S/C10H17N3O5/c1-13(6-14)5-9(16)12-7(10(17)18-2)3-4-8(11)15/h6-7H,3-5H2,1-2H3,(H2,11,15)(H,12,16). The van der Waals surface area contributed by atoms with Gasteiger partial charge in [-0.05, 0) is 6.42 Å². The zero-order valence-corrected chi connectivity index (χ0v) is 10.3. The molecule has 8 nitrogen and oxygen atoms in total. The summed E-state index contributed by atoms with van der Waals surface area (Å²) < 4.78 is 4.49. The molecule has 8 heteroatoms. The van der Waals surface area contributed by atoms with Crippen LogP contribution in [0.3, 0.4) is 0 Å². The van der Waals surface area contributed by atoms with Crippen molar-refractivity contribution in [1.29, 1.82) is 0 Å². The van der Waals surface area contributed by atoms with Gasteiger partial charge in [-0.15, -0.1) is 0 Å². The Morgan fingerprint density at radius 1 is 1.44 bits per heavy atom. The van der Waals surface area contributed by atoms with Gasteiger partial charge in [0, 0.05) is 13.5 Å². The number of carbonyl (C=O) groups is 4. The number of primary amides is 1. The van der Waals surface area contributed by atoms with E-state index in [1.165, 1.54) is 14.2 Å². The average molecular weight is 259 g/mol. The van der Waals surface area contributed by atoms with Crippen molar-refractivity contribution >= 4 is 24.2 Å². The van der Waals surface area contributed by atoms with Crippen LogP contribution in [0.25, 0.3) is 0 Å². The first kappa shape index (κ1) is 15.9. The molecule has 0 heterocycles. The maximum absolute atomic E-state index is 11.5. The van der Waals surface area contributed by atoms with Crippen molar-refractivity contribution in [3.05, 3.63) is 0 Å². The lowest BCUT2D eigenvalue weighted by molar-refractivity contribution is -0.145. The van der Waals surface area contributed by atoms with E-state index in [4.69, 9.17) is 5.73 Å².